The van der Waals surface area contributed by atoms with Crippen molar-refractivity contribution >= 4 is 55.1 Å². The van der Waals surface area contributed by atoms with Gasteiger partial charge in [-0.3, -0.25) is 13.9 Å². The first-order chi connectivity index (χ1) is 20.5. The van der Waals surface area contributed by atoms with E-state index in [1.807, 2.05) is 68.4 Å². The molecule has 4 aromatic rings. The van der Waals surface area contributed by atoms with Gasteiger partial charge in [-0.2, -0.15) is 0 Å². The molecule has 7 nitrogen and oxygen atoms in total. The lowest BCUT2D eigenvalue weighted by molar-refractivity contribution is -0.140. The van der Waals surface area contributed by atoms with Gasteiger partial charge in [0, 0.05) is 28.5 Å². The summed E-state index contributed by atoms with van der Waals surface area (Å²) < 4.78 is 29.8. The highest BCUT2D eigenvalue weighted by molar-refractivity contribution is 9.10. The molecule has 0 saturated heterocycles. The summed E-state index contributed by atoms with van der Waals surface area (Å²) >= 11 is 9.75. The van der Waals surface area contributed by atoms with Crippen LogP contribution in [0.25, 0.3) is 0 Å². The van der Waals surface area contributed by atoms with Crippen molar-refractivity contribution in [3.8, 4) is 0 Å². The van der Waals surface area contributed by atoms with Crippen LogP contribution >= 0.6 is 27.5 Å². The van der Waals surface area contributed by atoms with Crippen molar-refractivity contribution in [1.82, 2.24) is 10.2 Å². The molecule has 0 aliphatic carbocycles. The van der Waals surface area contributed by atoms with E-state index in [-0.39, 0.29) is 35.5 Å². The smallest absolute Gasteiger partial charge is 0.264 e. The van der Waals surface area contributed by atoms with Gasteiger partial charge in [-0.05, 0) is 67.4 Å². The van der Waals surface area contributed by atoms with Crippen LogP contribution < -0.4 is 9.62 Å². The number of anilines is 1. The fourth-order valence-electron chi connectivity index (χ4n) is 4.65. The third kappa shape index (κ3) is 8.69. The fraction of sp³-hybridized carbons (Fsp3) is 0.212. The Hall–Kier alpha value is -3.66. The summed E-state index contributed by atoms with van der Waals surface area (Å²) in [5.41, 5.74) is 1.87. The number of rotatable bonds is 12. The maximum atomic E-state index is 14.4. The largest absolute Gasteiger partial charge is 0.352 e. The van der Waals surface area contributed by atoms with E-state index in [1.54, 1.807) is 36.4 Å². The maximum absolute atomic E-state index is 14.4. The van der Waals surface area contributed by atoms with Crippen molar-refractivity contribution in [2.45, 2.75) is 43.8 Å². The number of nitrogens with one attached hydrogen (secondary N) is 1. The number of nitrogens with zero attached hydrogens (tertiary/aromatic N) is 2. The van der Waals surface area contributed by atoms with Gasteiger partial charge in [0.05, 0.1) is 10.6 Å². The molecule has 1 atom stereocenters. The van der Waals surface area contributed by atoms with Gasteiger partial charge in [0.25, 0.3) is 10.0 Å². The summed E-state index contributed by atoms with van der Waals surface area (Å²) in [4.78, 5) is 29.6. The number of hydrogen-bond donors (Lipinski definition) is 1. The SMILES string of the molecule is CC(C)NC(=O)[C@H](Cc1ccccc1)N(Cc1cccc(Br)c1)C(=O)CN(c1cccc(Cl)c1)S(=O)(=O)c1ccccc1. The van der Waals surface area contributed by atoms with E-state index in [0.29, 0.717) is 5.02 Å². The van der Waals surface area contributed by atoms with Crippen molar-refractivity contribution in [2.75, 3.05) is 10.8 Å². The molecule has 0 aromatic heterocycles. The molecule has 10 heteroatoms. The van der Waals surface area contributed by atoms with Crippen LogP contribution in [0, 0.1) is 0 Å². The zero-order valence-electron chi connectivity index (χ0n) is 23.9. The molecule has 0 aliphatic heterocycles. The molecule has 0 unspecified atom stereocenters. The van der Waals surface area contributed by atoms with Crippen LogP contribution in [0.2, 0.25) is 5.02 Å². The Labute approximate surface area is 266 Å². The van der Waals surface area contributed by atoms with Gasteiger partial charge < -0.3 is 10.2 Å². The topological polar surface area (TPSA) is 86.8 Å². The Morgan fingerprint density at radius 3 is 2.09 bits per heavy atom. The van der Waals surface area contributed by atoms with Crippen LogP contribution in [0.15, 0.2) is 119 Å². The van der Waals surface area contributed by atoms with Crippen LogP contribution in [-0.4, -0.2) is 43.8 Å². The van der Waals surface area contributed by atoms with E-state index in [1.165, 1.54) is 23.1 Å². The third-order valence-corrected chi connectivity index (χ3v) is 9.17. The van der Waals surface area contributed by atoms with Crippen LogP contribution in [-0.2, 0) is 32.6 Å². The van der Waals surface area contributed by atoms with E-state index >= 15 is 0 Å². The minimum Gasteiger partial charge on any atom is -0.352 e. The standard InChI is InChI=1S/C33H33BrClN3O4S/c1-24(2)36-33(40)31(20-25-11-5-3-6-12-25)37(22-26-13-9-14-27(34)19-26)32(39)23-38(29-16-10-15-28(35)21-29)43(41,42)30-17-7-4-8-18-30/h3-19,21,24,31H,20,22-23H2,1-2H3,(H,36,40)/t31-/m0/s1. The number of sulfonamides is 1. The number of hydrogen-bond acceptors (Lipinski definition) is 4. The molecule has 2 amide bonds. The summed E-state index contributed by atoms with van der Waals surface area (Å²) in [7, 11) is -4.18. The summed E-state index contributed by atoms with van der Waals surface area (Å²) in [6, 6.07) is 30.1. The van der Waals surface area contributed by atoms with Crippen LogP contribution in [0.5, 0.6) is 0 Å². The lowest BCUT2D eigenvalue weighted by Crippen LogP contribution is -2.54. The molecule has 0 bridgehead atoms. The minimum absolute atomic E-state index is 0.0275. The first-order valence-corrected chi connectivity index (χ1v) is 16.4. The lowest BCUT2D eigenvalue weighted by atomic mass is 10.0. The van der Waals surface area contributed by atoms with Crippen molar-refractivity contribution < 1.29 is 18.0 Å². The van der Waals surface area contributed by atoms with Gasteiger partial charge in [0.2, 0.25) is 11.8 Å². The summed E-state index contributed by atoms with van der Waals surface area (Å²) in [5.74, 6) is -0.873. The van der Waals surface area contributed by atoms with E-state index in [2.05, 4.69) is 21.2 Å². The van der Waals surface area contributed by atoms with Gasteiger partial charge in [0.15, 0.2) is 0 Å². The van der Waals surface area contributed by atoms with Crippen LogP contribution in [0.4, 0.5) is 5.69 Å². The Balaban J connectivity index is 1.80. The number of amides is 2. The molecule has 0 radical (unpaired) electrons. The maximum Gasteiger partial charge on any atom is 0.264 e. The van der Waals surface area contributed by atoms with Crippen molar-refractivity contribution in [1.29, 1.82) is 0 Å². The van der Waals surface area contributed by atoms with E-state index in [4.69, 9.17) is 11.6 Å². The Morgan fingerprint density at radius 1 is 0.837 bits per heavy atom. The molecule has 4 rings (SSSR count). The first-order valence-electron chi connectivity index (χ1n) is 13.8. The molecule has 0 spiro atoms. The van der Waals surface area contributed by atoms with E-state index in [0.717, 1.165) is 19.9 Å². The molecule has 0 heterocycles. The lowest BCUT2D eigenvalue weighted by Gasteiger charge is -2.34. The normalized spacial score (nSPS) is 12.0. The quantitative estimate of drug-likeness (QED) is 0.186. The second-order valence-electron chi connectivity index (χ2n) is 10.3. The average Bonchev–Trinajstić information content (AvgIpc) is 2.98. The van der Waals surface area contributed by atoms with Crippen molar-refractivity contribution in [3.05, 3.63) is 130 Å². The van der Waals surface area contributed by atoms with Gasteiger partial charge in [-0.25, -0.2) is 8.42 Å². The average molecular weight is 683 g/mol. The predicted octanol–water partition coefficient (Wildman–Crippen LogP) is 6.46. The predicted molar refractivity (Wildman–Crippen MR) is 174 cm³/mol. The molecule has 1 N–H and O–H groups in total. The molecule has 43 heavy (non-hydrogen) atoms. The Morgan fingerprint density at radius 2 is 1.47 bits per heavy atom. The van der Waals surface area contributed by atoms with Gasteiger partial charge >= 0.3 is 0 Å². The summed E-state index contributed by atoms with van der Waals surface area (Å²) in [6.45, 7) is 3.23. The van der Waals surface area contributed by atoms with Crippen LogP contribution in [0.3, 0.4) is 0 Å². The summed E-state index contributed by atoms with van der Waals surface area (Å²) in [6.07, 6.45) is 0.238. The first kappa shape index (κ1) is 32.3. The molecular weight excluding hydrogens is 650 g/mol. The molecule has 0 saturated carbocycles. The second kappa shape index (κ2) is 14.7. The number of carbonyl (C=O) groups excluding carboxylic acids is 2. The summed E-state index contributed by atoms with van der Waals surface area (Å²) in [5, 5.41) is 3.27. The zero-order valence-corrected chi connectivity index (χ0v) is 27.0. The number of halogens is 2. The molecule has 224 valence electrons. The minimum atomic E-state index is -4.18. The zero-order chi connectivity index (χ0) is 31.0. The highest BCUT2D eigenvalue weighted by Crippen LogP contribution is 2.27. The number of carbonyl (C=O) groups is 2. The van der Waals surface area contributed by atoms with Crippen LogP contribution in [0.1, 0.15) is 25.0 Å². The van der Waals surface area contributed by atoms with Crippen molar-refractivity contribution in [2.24, 2.45) is 0 Å². The Kier molecular flexibility index (Phi) is 11.0. The second-order valence-corrected chi connectivity index (χ2v) is 13.5. The molecule has 0 fully saturated rings. The third-order valence-electron chi connectivity index (χ3n) is 6.65. The highest BCUT2D eigenvalue weighted by atomic mass is 79.9. The van der Waals surface area contributed by atoms with E-state index < -0.39 is 28.5 Å². The molecule has 0 aliphatic rings. The van der Waals surface area contributed by atoms with Gasteiger partial charge in [0.1, 0.15) is 12.6 Å². The fourth-order valence-corrected chi connectivity index (χ4v) is 6.70. The van der Waals surface area contributed by atoms with Gasteiger partial charge in [-0.1, -0.05) is 94.3 Å². The number of benzene rings is 4. The van der Waals surface area contributed by atoms with E-state index in [9.17, 15) is 18.0 Å². The van der Waals surface area contributed by atoms with Gasteiger partial charge in [-0.15, -0.1) is 0 Å². The monoisotopic (exact) mass is 681 g/mol. The molecular formula is C33H33BrClN3O4S. The Bertz CT molecular complexity index is 1650. The molecule has 4 aromatic carbocycles. The van der Waals surface area contributed by atoms with Crippen molar-refractivity contribution in [3.63, 3.8) is 0 Å². The highest BCUT2D eigenvalue weighted by Gasteiger charge is 2.34.